The number of carbonyl (C=O) groups is 10. The van der Waals surface area contributed by atoms with Gasteiger partial charge in [0.1, 0.15) is 6.61 Å². The monoisotopic (exact) mass is 1560 g/mol. The predicted molar refractivity (Wildman–Crippen MR) is 417 cm³/mol. The number of primary amides is 1. The number of nitrogens with two attached hydrogens (primary N) is 1. The number of carbonyl (C=O) groups excluding carboxylic acids is 9. The van der Waals surface area contributed by atoms with Crippen molar-refractivity contribution in [3.05, 3.63) is 137 Å². The van der Waals surface area contributed by atoms with E-state index in [-0.39, 0.29) is 136 Å². The number of ether oxygens (including phenoxy) is 6. The highest BCUT2D eigenvalue weighted by Crippen LogP contribution is 2.72. The van der Waals surface area contributed by atoms with Crippen LogP contribution in [-0.2, 0) is 83.2 Å². The Morgan fingerprint density at radius 1 is 0.741 bits per heavy atom. The average Bonchev–Trinajstić information content (AvgIpc) is 0.810. The van der Waals surface area contributed by atoms with Gasteiger partial charge < -0.3 is 65.4 Å². The zero-order valence-corrected chi connectivity index (χ0v) is 65.5. The van der Waals surface area contributed by atoms with E-state index < -0.39 is 59.3 Å². The molecule has 600 valence electrons. The number of aryl methyl sites for hydroxylation is 1. The number of urea groups is 1. The summed E-state index contributed by atoms with van der Waals surface area (Å²) in [6.07, 6.45) is 11.6. The molecule has 3 aromatic heterocycles. The highest BCUT2D eigenvalue weighted by molar-refractivity contribution is 7.22. The zero-order valence-electron chi connectivity index (χ0n) is 64.7. The van der Waals surface area contributed by atoms with Crippen LogP contribution in [0, 0.1) is 35.0 Å². The van der Waals surface area contributed by atoms with Gasteiger partial charge in [-0.25, -0.2) is 24.4 Å². The molecule has 0 spiro atoms. The van der Waals surface area contributed by atoms with Crippen molar-refractivity contribution >= 4 is 91.7 Å². The van der Waals surface area contributed by atoms with Crippen molar-refractivity contribution in [2.75, 3.05) is 103 Å². The molecular formula is C82H104N12O17S. The first kappa shape index (κ1) is 83.1. The second-order valence-electron chi connectivity index (χ2n) is 31.5. The van der Waals surface area contributed by atoms with Crippen LogP contribution >= 0.6 is 11.3 Å². The highest BCUT2D eigenvalue weighted by atomic mass is 32.1. The lowest BCUT2D eigenvalue weighted by molar-refractivity contribution is -0.248. The third-order valence-electron chi connectivity index (χ3n) is 21.8. The largest absolute Gasteiger partial charge is 0.476 e. The van der Waals surface area contributed by atoms with E-state index in [0.29, 0.717) is 97.6 Å². The molecule has 0 radical (unpaired) electrons. The molecule has 1 aliphatic heterocycles. The third-order valence-corrected chi connectivity index (χ3v) is 22.8. The number of amides is 9. The number of nitrogens with one attached hydrogen (secondary N) is 5. The minimum Gasteiger partial charge on any atom is -0.476 e. The molecule has 5 aliphatic carbocycles. The molecular weight excluding hydrogens is 1460 g/mol. The van der Waals surface area contributed by atoms with Gasteiger partial charge in [0.25, 0.3) is 17.7 Å². The number of anilines is 2. The van der Waals surface area contributed by atoms with Gasteiger partial charge in [-0.2, -0.15) is 5.10 Å². The Hall–Kier alpha value is -9.85. The number of hydrogen-bond acceptors (Lipinski definition) is 20. The number of carboxylic acid groups (broad SMARTS) is 1. The summed E-state index contributed by atoms with van der Waals surface area (Å²) in [5, 5.41) is 30.2. The van der Waals surface area contributed by atoms with Crippen LogP contribution in [0.4, 0.5) is 20.4 Å². The van der Waals surface area contributed by atoms with Gasteiger partial charge in [0, 0.05) is 117 Å². The average molecular weight is 1560 g/mol. The number of imide groups is 1. The number of ketones is 1. The van der Waals surface area contributed by atoms with Crippen molar-refractivity contribution in [2.24, 2.45) is 33.8 Å². The van der Waals surface area contributed by atoms with Crippen LogP contribution in [0.15, 0.2) is 97.2 Å². The topological polar surface area (TPSA) is 383 Å². The number of likely N-dealkylation sites (N-methyl/N-ethyl adjacent to an activating group) is 1. The maximum absolute atomic E-state index is 14.0. The van der Waals surface area contributed by atoms with Gasteiger partial charge in [0.15, 0.2) is 16.6 Å². The van der Waals surface area contributed by atoms with E-state index in [1.165, 1.54) is 28.4 Å². The summed E-state index contributed by atoms with van der Waals surface area (Å²) in [5.74, 6) is -4.96. The van der Waals surface area contributed by atoms with Crippen molar-refractivity contribution in [2.45, 2.75) is 155 Å². The number of nitrogens with zero attached hydrogens (tertiary/aromatic N) is 6. The van der Waals surface area contributed by atoms with E-state index in [9.17, 15) is 53.1 Å². The van der Waals surface area contributed by atoms with E-state index in [2.05, 4.69) is 51.5 Å². The van der Waals surface area contributed by atoms with Crippen molar-refractivity contribution < 1.29 is 81.5 Å². The summed E-state index contributed by atoms with van der Waals surface area (Å²) in [5.41, 5.74) is 11.9. The van der Waals surface area contributed by atoms with E-state index in [1.807, 2.05) is 60.1 Å². The summed E-state index contributed by atoms with van der Waals surface area (Å²) in [6.45, 7) is 14.0. The SMILES string of the molecule is Cc1c(-c2ccc(C3CCc4cccc(C(=O)Nc5nc6ccccc6s5)c4C3)nc2C(=O)O)cnn1CC12CC3(C)CC(C)(C1)CC(OCCN(C)C(=O)OCc1ccc(NC(=O)[C@H](CCCNC(N)=O)CC(=O)[C@@H](NC(=O)CCOCCOCCOCCOCCNC(=O)CCN4C(=O)C=CC4=O)C(C)C)cc1)(C3)C2. The van der Waals surface area contributed by atoms with Gasteiger partial charge in [0.2, 0.25) is 17.7 Å². The number of rotatable bonds is 42. The fourth-order valence-electron chi connectivity index (χ4n) is 17.7. The molecule has 3 unspecified atom stereocenters. The molecule has 0 saturated heterocycles. The summed E-state index contributed by atoms with van der Waals surface area (Å²) >= 11 is 1.42. The van der Waals surface area contributed by atoms with Gasteiger partial charge in [-0.1, -0.05) is 75.4 Å². The van der Waals surface area contributed by atoms with E-state index in [1.54, 1.807) is 51.4 Å². The number of Topliss-reactive ketones (excluding diaryl/α,β-unsaturated/α-hetero) is 1. The van der Waals surface area contributed by atoms with Crippen molar-refractivity contribution in [3.8, 4) is 11.1 Å². The summed E-state index contributed by atoms with van der Waals surface area (Å²) in [6, 6.07) is 22.5. The first-order valence-corrected chi connectivity index (χ1v) is 39.4. The first-order valence-electron chi connectivity index (χ1n) is 38.6. The van der Waals surface area contributed by atoms with E-state index >= 15 is 0 Å². The Morgan fingerprint density at radius 2 is 1.44 bits per heavy atom. The number of para-hydroxylation sites is 1. The predicted octanol–water partition coefficient (Wildman–Crippen LogP) is 9.48. The first-order chi connectivity index (χ1) is 53.7. The van der Waals surface area contributed by atoms with Gasteiger partial charge in [-0.15, -0.1) is 0 Å². The second kappa shape index (κ2) is 37.7. The number of hydrogen-bond donors (Lipinski definition) is 7. The van der Waals surface area contributed by atoms with E-state index in [0.717, 1.165) is 76.9 Å². The number of pyridine rings is 1. The molecule has 6 aliphatic rings. The Balaban J connectivity index is 0.598. The van der Waals surface area contributed by atoms with Crippen LogP contribution in [0.25, 0.3) is 21.3 Å². The lowest BCUT2D eigenvalue weighted by Gasteiger charge is -2.69. The number of aromatic nitrogens is 4. The number of aromatic carboxylic acids is 1. The smallest absolute Gasteiger partial charge is 0.409 e. The van der Waals surface area contributed by atoms with Crippen LogP contribution in [-0.4, -0.2) is 198 Å². The molecule has 6 aromatic rings. The van der Waals surface area contributed by atoms with Crippen molar-refractivity contribution in [3.63, 3.8) is 0 Å². The van der Waals surface area contributed by atoms with E-state index in [4.69, 9.17) is 44.2 Å². The van der Waals surface area contributed by atoms with Crippen LogP contribution < -0.4 is 32.3 Å². The summed E-state index contributed by atoms with van der Waals surface area (Å²) in [7, 11) is 1.68. The Labute approximate surface area is 655 Å². The zero-order chi connectivity index (χ0) is 79.7. The minimum absolute atomic E-state index is 0.00141. The molecule has 4 bridgehead atoms. The Morgan fingerprint density at radius 3 is 2.12 bits per heavy atom. The minimum atomic E-state index is -1.13. The third kappa shape index (κ3) is 21.9. The molecule has 4 fully saturated rings. The fourth-order valence-corrected chi connectivity index (χ4v) is 18.6. The standard InChI is InChI=1S/C82H104N12O17S/c1-52(2)71(90-68(97)27-32-106-35-37-108-39-40-109-38-36-107-33-29-84-67(96)26-30-93-69(98)24-25-70(93)99)65(95)42-57(12-10-28-85-76(83)104)73(100)87-58-20-16-54(17-21-58)44-110-78(105)92(6)31-34-111-82-48-79(4)45-80(5,49-82)47-81(46-79,50-82)51-94-53(3)62(43-86-94)59-22-23-63(88-72(59)75(102)103)56-19-18-55-11-9-13-60(61(55)41-56)74(101)91-77-89-64-14-7-8-15-66(64)112-77/h7-9,11,13-17,20-25,43,52,56-57,71H,10,12,18-19,26-42,44-51H2,1-6H3,(H,84,96)(H,87,100)(H,90,97)(H,102,103)(H3,83,85,104)(H,89,91,101)/t56?,57-,71+,79?,80?,81?,82?/m1/s1. The quantitative estimate of drug-likeness (QED) is 0.0138. The molecule has 12 rings (SSSR count). The van der Waals surface area contributed by atoms with Crippen LogP contribution in [0.1, 0.15) is 160 Å². The molecule has 29 nitrogen and oxygen atoms in total. The number of benzene rings is 3. The maximum Gasteiger partial charge on any atom is 0.409 e. The van der Waals surface area contributed by atoms with Crippen LogP contribution in [0.3, 0.4) is 0 Å². The van der Waals surface area contributed by atoms with Gasteiger partial charge in [-0.05, 0) is 159 Å². The van der Waals surface area contributed by atoms with Gasteiger partial charge >= 0.3 is 18.1 Å². The molecule has 3 aromatic carbocycles. The maximum atomic E-state index is 14.0. The molecule has 30 heteroatoms. The summed E-state index contributed by atoms with van der Waals surface area (Å²) < 4.78 is 37.9. The molecule has 4 heterocycles. The van der Waals surface area contributed by atoms with Crippen molar-refractivity contribution in [1.82, 2.24) is 45.5 Å². The highest BCUT2D eigenvalue weighted by Gasteiger charge is 2.66. The van der Waals surface area contributed by atoms with Gasteiger partial charge in [0.05, 0.1) is 87.5 Å². The molecule has 5 atom stereocenters. The number of thiazole rings is 1. The normalized spacial score (nSPS) is 20.7. The number of carboxylic acids is 1. The molecule has 4 saturated carbocycles. The Kier molecular flexibility index (Phi) is 27.9. The lowest BCUT2D eigenvalue weighted by Crippen LogP contribution is -2.64. The Bertz CT molecular complexity index is 4380. The van der Waals surface area contributed by atoms with Crippen LogP contribution in [0.2, 0.25) is 0 Å². The lowest BCUT2D eigenvalue weighted by atomic mass is 9.39. The molecule has 9 amide bonds. The fraction of sp³-hybridized carbons (Fsp3) is 0.524. The summed E-state index contributed by atoms with van der Waals surface area (Å²) in [4.78, 5) is 140. The van der Waals surface area contributed by atoms with Crippen molar-refractivity contribution in [1.29, 1.82) is 0 Å². The van der Waals surface area contributed by atoms with Crippen LogP contribution in [0.5, 0.6) is 0 Å². The van der Waals surface area contributed by atoms with Gasteiger partial charge in [-0.3, -0.25) is 48.5 Å². The molecule has 8 N–H and O–H groups in total. The number of fused-ring (bicyclic) bond motifs is 2. The molecule has 112 heavy (non-hydrogen) atoms. The second-order valence-corrected chi connectivity index (χ2v) is 32.5.